The summed E-state index contributed by atoms with van der Waals surface area (Å²) in [6.07, 6.45) is 6.78. The van der Waals surface area contributed by atoms with E-state index >= 15 is 0 Å². The Bertz CT molecular complexity index is 926. The molecule has 1 unspecified atom stereocenters. The Morgan fingerprint density at radius 1 is 1.28 bits per heavy atom. The lowest BCUT2D eigenvalue weighted by Gasteiger charge is -2.32. The third kappa shape index (κ3) is 4.53. The van der Waals surface area contributed by atoms with Crippen LogP contribution in [0.4, 0.5) is 10.1 Å². The van der Waals surface area contributed by atoms with Crippen LogP contribution in [0.2, 0.25) is 0 Å². The SMILES string of the molecule is COc1cc(Br)c(NC(=O)C2=CN(C)C(=O)C[C@@H]2C2C=CC(F)=CC2)cc1OC. The zero-order valence-electron chi connectivity index (χ0n) is 16.4. The van der Waals surface area contributed by atoms with Crippen molar-refractivity contribution in [3.63, 3.8) is 0 Å². The average Bonchev–Trinajstić information content (AvgIpc) is 2.71. The first-order valence-corrected chi connectivity index (χ1v) is 9.87. The molecule has 0 saturated carbocycles. The van der Waals surface area contributed by atoms with Gasteiger partial charge in [0, 0.05) is 47.8 Å². The van der Waals surface area contributed by atoms with Gasteiger partial charge in [0.25, 0.3) is 5.91 Å². The van der Waals surface area contributed by atoms with E-state index in [0.717, 1.165) is 0 Å². The van der Waals surface area contributed by atoms with Crippen LogP contribution in [-0.2, 0) is 9.59 Å². The highest BCUT2D eigenvalue weighted by atomic mass is 79.9. The quantitative estimate of drug-likeness (QED) is 0.708. The number of halogens is 2. The topological polar surface area (TPSA) is 67.9 Å². The fourth-order valence-electron chi connectivity index (χ4n) is 3.48. The molecule has 0 radical (unpaired) electrons. The van der Waals surface area contributed by atoms with Crippen molar-refractivity contribution in [1.29, 1.82) is 0 Å². The van der Waals surface area contributed by atoms with Gasteiger partial charge in [0.2, 0.25) is 5.91 Å². The van der Waals surface area contributed by atoms with Crippen molar-refractivity contribution in [2.45, 2.75) is 12.8 Å². The summed E-state index contributed by atoms with van der Waals surface area (Å²) in [7, 11) is 4.66. The standard InChI is InChI=1S/C21H22BrFN2O4/c1-25-11-15(14(8-20(25)26)12-4-6-13(23)7-5-12)21(27)24-17-10-19(29-3)18(28-2)9-16(17)22/h4,6-7,9-12,14H,5,8H2,1-3H3,(H,24,27)/t12?,14-/m1/s1. The molecule has 2 atom stereocenters. The summed E-state index contributed by atoms with van der Waals surface area (Å²) in [5.41, 5.74) is 0.983. The monoisotopic (exact) mass is 464 g/mol. The summed E-state index contributed by atoms with van der Waals surface area (Å²) in [5.74, 6) is -0.171. The molecule has 1 aromatic rings. The van der Waals surface area contributed by atoms with Crippen LogP contribution in [0.1, 0.15) is 12.8 Å². The smallest absolute Gasteiger partial charge is 0.253 e. The minimum absolute atomic E-state index is 0.0812. The van der Waals surface area contributed by atoms with Gasteiger partial charge >= 0.3 is 0 Å². The minimum Gasteiger partial charge on any atom is -0.493 e. The first-order chi connectivity index (χ1) is 13.8. The fourth-order valence-corrected chi connectivity index (χ4v) is 3.90. The van der Waals surface area contributed by atoms with Gasteiger partial charge in [0.15, 0.2) is 11.5 Å². The van der Waals surface area contributed by atoms with Crippen molar-refractivity contribution in [3.8, 4) is 11.5 Å². The summed E-state index contributed by atoms with van der Waals surface area (Å²) < 4.78 is 24.5. The predicted molar refractivity (Wildman–Crippen MR) is 111 cm³/mol. The number of hydrogen-bond donors (Lipinski definition) is 1. The molecule has 0 saturated heterocycles. The molecular weight excluding hydrogens is 443 g/mol. The maximum Gasteiger partial charge on any atom is 0.253 e. The number of hydrogen-bond acceptors (Lipinski definition) is 4. The van der Waals surface area contributed by atoms with Gasteiger partial charge in [-0.3, -0.25) is 9.59 Å². The molecule has 1 aliphatic heterocycles. The summed E-state index contributed by atoms with van der Waals surface area (Å²) in [5, 5.41) is 2.88. The molecule has 1 aliphatic carbocycles. The molecule has 2 aliphatic rings. The Morgan fingerprint density at radius 2 is 1.97 bits per heavy atom. The van der Waals surface area contributed by atoms with Crippen LogP contribution in [-0.4, -0.2) is 38.0 Å². The van der Waals surface area contributed by atoms with E-state index in [2.05, 4.69) is 21.2 Å². The highest BCUT2D eigenvalue weighted by Crippen LogP contribution is 2.38. The number of ether oxygens (including phenoxy) is 2. The zero-order valence-corrected chi connectivity index (χ0v) is 18.0. The van der Waals surface area contributed by atoms with Crippen molar-refractivity contribution in [3.05, 3.63) is 52.4 Å². The first-order valence-electron chi connectivity index (χ1n) is 9.08. The van der Waals surface area contributed by atoms with Crippen LogP contribution in [0.3, 0.4) is 0 Å². The molecule has 154 valence electrons. The number of allylic oxidation sites excluding steroid dienone is 4. The van der Waals surface area contributed by atoms with E-state index in [1.807, 2.05) is 0 Å². The van der Waals surface area contributed by atoms with Gasteiger partial charge in [0.05, 0.1) is 19.9 Å². The van der Waals surface area contributed by atoms with E-state index in [9.17, 15) is 14.0 Å². The lowest BCUT2D eigenvalue weighted by atomic mass is 9.78. The van der Waals surface area contributed by atoms with Gasteiger partial charge in [-0.25, -0.2) is 4.39 Å². The number of anilines is 1. The normalized spacial score (nSPS) is 21.4. The van der Waals surface area contributed by atoms with Crippen molar-refractivity contribution in [1.82, 2.24) is 4.90 Å². The first kappa shape index (κ1) is 21.1. The van der Waals surface area contributed by atoms with Crippen LogP contribution in [0.15, 0.2) is 52.4 Å². The Kier molecular flexibility index (Phi) is 6.42. The fraction of sp³-hybridized carbons (Fsp3) is 0.333. The number of benzene rings is 1. The number of amides is 2. The van der Waals surface area contributed by atoms with Gasteiger partial charge < -0.3 is 19.7 Å². The maximum atomic E-state index is 13.4. The second kappa shape index (κ2) is 8.82. The molecule has 6 nitrogen and oxygen atoms in total. The molecule has 0 aromatic heterocycles. The number of nitrogens with zero attached hydrogens (tertiary/aromatic N) is 1. The van der Waals surface area contributed by atoms with Gasteiger partial charge in [-0.05, 0) is 40.4 Å². The van der Waals surface area contributed by atoms with Crippen molar-refractivity contribution >= 4 is 33.4 Å². The Balaban J connectivity index is 1.88. The lowest BCUT2D eigenvalue weighted by molar-refractivity contribution is -0.129. The number of methoxy groups -OCH3 is 2. The summed E-state index contributed by atoms with van der Waals surface area (Å²) >= 11 is 3.43. The second-order valence-electron chi connectivity index (χ2n) is 6.89. The second-order valence-corrected chi connectivity index (χ2v) is 7.74. The van der Waals surface area contributed by atoms with Gasteiger partial charge in [-0.15, -0.1) is 0 Å². The predicted octanol–water partition coefficient (Wildman–Crippen LogP) is 4.20. The molecular formula is C21H22BrFN2O4. The van der Waals surface area contributed by atoms with E-state index in [1.165, 1.54) is 31.3 Å². The van der Waals surface area contributed by atoms with Crippen molar-refractivity contribution in [2.75, 3.05) is 26.6 Å². The largest absolute Gasteiger partial charge is 0.493 e. The Morgan fingerprint density at radius 3 is 2.59 bits per heavy atom. The molecule has 2 amide bonds. The number of carbonyl (C=O) groups excluding carboxylic acids is 2. The molecule has 1 N–H and O–H groups in total. The third-order valence-electron chi connectivity index (χ3n) is 5.11. The molecule has 8 heteroatoms. The highest BCUT2D eigenvalue weighted by Gasteiger charge is 2.35. The number of rotatable bonds is 5. The zero-order chi connectivity index (χ0) is 21.1. The summed E-state index contributed by atoms with van der Waals surface area (Å²) in [4.78, 5) is 26.8. The van der Waals surface area contributed by atoms with Crippen molar-refractivity contribution < 1.29 is 23.5 Å². The third-order valence-corrected chi connectivity index (χ3v) is 5.76. The van der Waals surface area contributed by atoms with Crippen LogP contribution in [0, 0.1) is 11.8 Å². The van der Waals surface area contributed by atoms with E-state index in [0.29, 0.717) is 33.7 Å². The lowest BCUT2D eigenvalue weighted by Crippen LogP contribution is -2.37. The van der Waals surface area contributed by atoms with E-state index in [-0.39, 0.29) is 35.9 Å². The van der Waals surface area contributed by atoms with Gasteiger partial charge in [-0.1, -0.05) is 6.08 Å². The van der Waals surface area contributed by atoms with Crippen LogP contribution in [0.5, 0.6) is 11.5 Å². The molecule has 0 bridgehead atoms. The van der Waals surface area contributed by atoms with Crippen molar-refractivity contribution in [2.24, 2.45) is 11.8 Å². The minimum atomic E-state index is -0.335. The van der Waals surface area contributed by atoms with E-state index in [4.69, 9.17) is 9.47 Å². The molecule has 0 spiro atoms. The van der Waals surface area contributed by atoms with E-state index < -0.39 is 0 Å². The maximum absolute atomic E-state index is 13.4. The molecule has 29 heavy (non-hydrogen) atoms. The Labute approximate surface area is 177 Å². The number of nitrogens with one attached hydrogen (secondary N) is 1. The van der Waals surface area contributed by atoms with Gasteiger partial charge in [-0.2, -0.15) is 0 Å². The highest BCUT2D eigenvalue weighted by molar-refractivity contribution is 9.10. The molecule has 3 rings (SSSR count). The summed E-state index contributed by atoms with van der Waals surface area (Å²) in [6, 6.07) is 3.36. The molecule has 1 heterocycles. The van der Waals surface area contributed by atoms with E-state index in [1.54, 1.807) is 31.5 Å². The summed E-state index contributed by atoms with van der Waals surface area (Å²) in [6.45, 7) is 0. The Hall–Kier alpha value is -2.61. The van der Waals surface area contributed by atoms with Crippen LogP contribution >= 0.6 is 15.9 Å². The van der Waals surface area contributed by atoms with Gasteiger partial charge in [0.1, 0.15) is 5.83 Å². The molecule has 0 fully saturated rings. The number of carbonyl (C=O) groups is 2. The average molecular weight is 465 g/mol. The molecule has 1 aromatic carbocycles. The van der Waals surface area contributed by atoms with Crippen LogP contribution in [0.25, 0.3) is 0 Å². The van der Waals surface area contributed by atoms with Crippen LogP contribution < -0.4 is 14.8 Å².